The van der Waals surface area contributed by atoms with Gasteiger partial charge in [0.15, 0.2) is 5.13 Å². The van der Waals surface area contributed by atoms with Gasteiger partial charge in [-0.15, -0.1) is 11.3 Å². The van der Waals surface area contributed by atoms with E-state index in [2.05, 4.69) is 32.3 Å². The molecule has 2 heterocycles. The summed E-state index contributed by atoms with van der Waals surface area (Å²) in [7, 11) is 0. The van der Waals surface area contributed by atoms with Crippen LogP contribution in [0.3, 0.4) is 0 Å². The summed E-state index contributed by atoms with van der Waals surface area (Å²) < 4.78 is 6.29. The van der Waals surface area contributed by atoms with Crippen LogP contribution in [-0.4, -0.2) is 17.5 Å². The molecule has 0 fully saturated rings. The van der Waals surface area contributed by atoms with Gasteiger partial charge in [0.05, 0.1) is 17.9 Å². The lowest BCUT2D eigenvalue weighted by Gasteiger charge is -2.04. The van der Waals surface area contributed by atoms with Crippen LogP contribution in [0.15, 0.2) is 52.3 Å². The molecule has 4 rings (SSSR count). The molecule has 0 bridgehead atoms. The van der Waals surface area contributed by atoms with Gasteiger partial charge in [0.25, 0.3) is 5.91 Å². The highest BCUT2D eigenvalue weighted by molar-refractivity contribution is 9.10. The van der Waals surface area contributed by atoms with E-state index in [9.17, 15) is 4.79 Å². The molecule has 0 unspecified atom stereocenters. The number of carbonyl (C=O) groups is 1. The molecule has 0 spiro atoms. The lowest BCUT2D eigenvalue weighted by Crippen LogP contribution is -2.12. The van der Waals surface area contributed by atoms with Crippen LogP contribution >= 0.6 is 27.3 Å². The van der Waals surface area contributed by atoms with Crippen LogP contribution < -0.4 is 10.1 Å². The normalized spacial score (nSPS) is 12.5. The van der Waals surface area contributed by atoms with E-state index in [1.807, 2.05) is 35.7 Å². The van der Waals surface area contributed by atoms with Crippen molar-refractivity contribution in [2.24, 2.45) is 0 Å². The van der Waals surface area contributed by atoms with Crippen molar-refractivity contribution in [3.63, 3.8) is 0 Å². The second kappa shape index (κ2) is 6.37. The van der Waals surface area contributed by atoms with Crippen LogP contribution in [0.5, 0.6) is 5.75 Å². The predicted octanol–water partition coefficient (Wildman–Crippen LogP) is 4.76. The minimum atomic E-state index is -0.175. The number of hydrogen-bond acceptors (Lipinski definition) is 4. The Hall–Kier alpha value is -2.18. The maximum absolute atomic E-state index is 12.3. The van der Waals surface area contributed by atoms with Gasteiger partial charge in [0.2, 0.25) is 0 Å². The molecule has 6 heteroatoms. The Kier molecular flexibility index (Phi) is 4.08. The molecule has 0 saturated carbocycles. The molecule has 4 nitrogen and oxygen atoms in total. The molecular formula is C18H13BrN2O2S. The minimum absolute atomic E-state index is 0.175. The number of nitrogens with one attached hydrogen (secondary N) is 1. The number of ether oxygens (including phenoxy) is 1. The summed E-state index contributed by atoms with van der Waals surface area (Å²) in [6.45, 7) is 0.739. The van der Waals surface area contributed by atoms with Crippen molar-refractivity contribution < 1.29 is 9.53 Å². The van der Waals surface area contributed by atoms with Crippen molar-refractivity contribution in [2.75, 3.05) is 11.9 Å². The molecule has 0 atom stereocenters. The molecule has 3 aromatic rings. The van der Waals surface area contributed by atoms with E-state index in [0.717, 1.165) is 34.5 Å². The Bertz CT molecular complexity index is 923. The Morgan fingerprint density at radius 2 is 2.12 bits per heavy atom. The molecule has 1 aliphatic rings. The first-order valence-electron chi connectivity index (χ1n) is 7.48. The first kappa shape index (κ1) is 15.4. The van der Waals surface area contributed by atoms with Crippen molar-refractivity contribution in [1.29, 1.82) is 0 Å². The van der Waals surface area contributed by atoms with Crippen LogP contribution in [0.1, 0.15) is 15.9 Å². The molecule has 0 saturated heterocycles. The van der Waals surface area contributed by atoms with Crippen LogP contribution in [0, 0.1) is 0 Å². The number of thiazole rings is 1. The van der Waals surface area contributed by atoms with E-state index in [4.69, 9.17) is 4.74 Å². The minimum Gasteiger partial charge on any atom is -0.493 e. The Labute approximate surface area is 151 Å². The highest BCUT2D eigenvalue weighted by Gasteiger charge is 2.15. The van der Waals surface area contributed by atoms with E-state index in [-0.39, 0.29) is 5.91 Å². The average Bonchev–Trinajstić information content (AvgIpc) is 3.23. The second-order valence-electron chi connectivity index (χ2n) is 5.39. The SMILES string of the molecule is O=C(Nc1nc(-c2ccc3c(c2)CCO3)cs1)c1ccccc1Br. The number of fused-ring (bicyclic) bond motifs is 1. The summed E-state index contributed by atoms with van der Waals surface area (Å²) in [5.41, 5.74) is 3.69. The highest BCUT2D eigenvalue weighted by atomic mass is 79.9. The monoisotopic (exact) mass is 400 g/mol. The largest absolute Gasteiger partial charge is 0.493 e. The molecular weight excluding hydrogens is 388 g/mol. The number of aromatic nitrogens is 1. The molecule has 1 aliphatic heterocycles. The first-order chi connectivity index (χ1) is 11.7. The molecule has 2 aromatic carbocycles. The number of rotatable bonds is 3. The maximum Gasteiger partial charge on any atom is 0.258 e. The van der Waals surface area contributed by atoms with Gasteiger partial charge in [-0.2, -0.15) is 0 Å². The van der Waals surface area contributed by atoms with Gasteiger partial charge in [-0.1, -0.05) is 12.1 Å². The fraction of sp³-hybridized carbons (Fsp3) is 0.111. The number of carbonyl (C=O) groups excluding carboxylic acids is 1. The zero-order chi connectivity index (χ0) is 16.5. The number of halogens is 1. The van der Waals surface area contributed by atoms with Crippen LogP contribution in [0.4, 0.5) is 5.13 Å². The summed E-state index contributed by atoms with van der Waals surface area (Å²) in [4.78, 5) is 16.9. The molecule has 0 radical (unpaired) electrons. The van der Waals surface area contributed by atoms with Gasteiger partial charge in [-0.25, -0.2) is 4.98 Å². The summed E-state index contributed by atoms with van der Waals surface area (Å²) >= 11 is 4.81. The second-order valence-corrected chi connectivity index (χ2v) is 7.11. The molecule has 24 heavy (non-hydrogen) atoms. The third-order valence-corrected chi connectivity index (χ3v) is 5.28. The quantitative estimate of drug-likeness (QED) is 0.689. The third-order valence-electron chi connectivity index (χ3n) is 3.83. The Balaban J connectivity index is 1.55. The Morgan fingerprint density at radius 3 is 3.00 bits per heavy atom. The van der Waals surface area contributed by atoms with Crippen molar-refractivity contribution in [2.45, 2.75) is 6.42 Å². The maximum atomic E-state index is 12.3. The van der Waals surface area contributed by atoms with Crippen LogP contribution in [-0.2, 0) is 6.42 Å². The lowest BCUT2D eigenvalue weighted by molar-refractivity contribution is 0.102. The Morgan fingerprint density at radius 1 is 1.25 bits per heavy atom. The number of anilines is 1. The number of benzene rings is 2. The van der Waals surface area contributed by atoms with Gasteiger partial charge >= 0.3 is 0 Å². The predicted molar refractivity (Wildman–Crippen MR) is 98.8 cm³/mol. The zero-order valence-electron chi connectivity index (χ0n) is 12.6. The third kappa shape index (κ3) is 2.95. The number of hydrogen-bond donors (Lipinski definition) is 1. The van der Waals surface area contributed by atoms with E-state index >= 15 is 0 Å². The van der Waals surface area contributed by atoms with Crippen LogP contribution in [0.25, 0.3) is 11.3 Å². The topological polar surface area (TPSA) is 51.2 Å². The standard InChI is InChI=1S/C18H13BrN2O2S/c19-14-4-2-1-3-13(14)17(22)21-18-20-15(10-24-18)11-5-6-16-12(9-11)7-8-23-16/h1-6,9-10H,7-8H2,(H,20,21,22). The number of nitrogens with zero attached hydrogens (tertiary/aromatic N) is 1. The molecule has 1 amide bonds. The van der Waals surface area contributed by atoms with Crippen molar-refractivity contribution >= 4 is 38.3 Å². The molecule has 0 aliphatic carbocycles. The molecule has 120 valence electrons. The number of amides is 1. The highest BCUT2D eigenvalue weighted by Crippen LogP contribution is 2.32. The van der Waals surface area contributed by atoms with Gasteiger partial charge in [-0.05, 0) is 51.8 Å². The first-order valence-corrected chi connectivity index (χ1v) is 9.15. The van der Waals surface area contributed by atoms with Gasteiger partial charge < -0.3 is 4.74 Å². The van der Waals surface area contributed by atoms with Gasteiger partial charge in [-0.3, -0.25) is 10.1 Å². The van der Waals surface area contributed by atoms with E-state index in [1.54, 1.807) is 6.07 Å². The van der Waals surface area contributed by atoms with Gasteiger partial charge in [0.1, 0.15) is 5.75 Å². The fourth-order valence-corrected chi connectivity index (χ4v) is 3.80. The van der Waals surface area contributed by atoms with Crippen molar-refractivity contribution in [1.82, 2.24) is 4.98 Å². The zero-order valence-corrected chi connectivity index (χ0v) is 15.0. The molecule has 1 N–H and O–H groups in total. The van der Waals surface area contributed by atoms with E-state index < -0.39 is 0 Å². The summed E-state index contributed by atoms with van der Waals surface area (Å²) in [6.07, 6.45) is 0.930. The van der Waals surface area contributed by atoms with E-state index in [0.29, 0.717) is 10.7 Å². The molecule has 1 aromatic heterocycles. The summed E-state index contributed by atoms with van der Waals surface area (Å²) in [5, 5.41) is 5.39. The van der Waals surface area contributed by atoms with Crippen molar-refractivity contribution in [3.8, 4) is 17.0 Å². The average molecular weight is 401 g/mol. The smallest absolute Gasteiger partial charge is 0.258 e. The summed E-state index contributed by atoms with van der Waals surface area (Å²) in [5.74, 6) is 0.780. The summed E-state index contributed by atoms with van der Waals surface area (Å²) in [6, 6.07) is 13.4. The van der Waals surface area contributed by atoms with Crippen molar-refractivity contribution in [3.05, 3.63) is 63.4 Å². The van der Waals surface area contributed by atoms with E-state index in [1.165, 1.54) is 16.9 Å². The van der Waals surface area contributed by atoms with Crippen LogP contribution in [0.2, 0.25) is 0 Å². The lowest BCUT2D eigenvalue weighted by atomic mass is 10.1. The fourth-order valence-electron chi connectivity index (χ4n) is 2.62. The van der Waals surface area contributed by atoms with Gasteiger partial charge in [0, 0.05) is 21.8 Å².